The summed E-state index contributed by atoms with van der Waals surface area (Å²) in [5.41, 5.74) is 1.13. The summed E-state index contributed by atoms with van der Waals surface area (Å²) in [5, 5.41) is 3.49. The van der Waals surface area contributed by atoms with Gasteiger partial charge in [0.2, 0.25) is 5.95 Å². The average molecular weight is 349 g/mol. The molecule has 0 bridgehead atoms. The molecular formula is C21H40N4. The van der Waals surface area contributed by atoms with Crippen molar-refractivity contribution in [2.45, 2.75) is 90.9 Å². The van der Waals surface area contributed by atoms with Crippen LogP contribution in [0.25, 0.3) is 0 Å². The molecule has 0 fully saturated rings. The van der Waals surface area contributed by atoms with E-state index < -0.39 is 0 Å². The number of aryl methyl sites for hydroxylation is 1. The number of nitrogens with zero attached hydrogens (tertiary/aromatic N) is 3. The fourth-order valence-electron chi connectivity index (χ4n) is 2.99. The molecule has 0 atom stereocenters. The molecule has 0 aliphatic carbocycles. The van der Waals surface area contributed by atoms with Gasteiger partial charge in [-0.15, -0.1) is 0 Å². The van der Waals surface area contributed by atoms with E-state index in [1.54, 1.807) is 0 Å². The molecule has 1 aromatic rings. The van der Waals surface area contributed by atoms with Crippen LogP contribution in [0.4, 0.5) is 11.8 Å². The molecule has 1 N–H and O–H groups in total. The van der Waals surface area contributed by atoms with Gasteiger partial charge < -0.3 is 10.2 Å². The van der Waals surface area contributed by atoms with Gasteiger partial charge in [-0.25, -0.2) is 4.98 Å². The quantitative estimate of drug-likeness (QED) is 0.405. The van der Waals surface area contributed by atoms with E-state index in [9.17, 15) is 0 Å². The summed E-state index contributed by atoms with van der Waals surface area (Å²) in [4.78, 5) is 11.2. The van der Waals surface area contributed by atoms with Crippen LogP contribution < -0.4 is 10.2 Å². The van der Waals surface area contributed by atoms with Gasteiger partial charge in [-0.3, -0.25) is 0 Å². The van der Waals surface area contributed by atoms with Crippen LogP contribution in [0.15, 0.2) is 6.07 Å². The second kappa shape index (κ2) is 13.9. The van der Waals surface area contributed by atoms with Gasteiger partial charge in [0.05, 0.1) is 0 Å². The molecule has 0 aromatic carbocycles. The molecule has 0 saturated carbocycles. The van der Waals surface area contributed by atoms with Crippen molar-refractivity contribution in [1.29, 1.82) is 0 Å². The number of aromatic nitrogens is 2. The lowest BCUT2D eigenvalue weighted by Crippen LogP contribution is -2.15. The van der Waals surface area contributed by atoms with Gasteiger partial charge in [0.25, 0.3) is 0 Å². The van der Waals surface area contributed by atoms with E-state index in [0.29, 0.717) is 0 Å². The van der Waals surface area contributed by atoms with Crippen LogP contribution in [0.1, 0.15) is 90.2 Å². The first-order valence-corrected chi connectivity index (χ1v) is 10.5. The first-order valence-electron chi connectivity index (χ1n) is 10.5. The molecule has 1 aromatic heterocycles. The number of rotatable bonds is 15. The Morgan fingerprint density at radius 3 is 1.96 bits per heavy atom. The molecule has 144 valence electrons. The Morgan fingerprint density at radius 1 is 0.800 bits per heavy atom. The summed E-state index contributed by atoms with van der Waals surface area (Å²) in [7, 11) is 3.99. The monoisotopic (exact) mass is 348 g/mol. The smallest absolute Gasteiger partial charge is 0.226 e. The highest BCUT2D eigenvalue weighted by molar-refractivity contribution is 5.43. The van der Waals surface area contributed by atoms with Crippen LogP contribution in [0.2, 0.25) is 0 Å². The Kier molecular flexibility index (Phi) is 12.1. The zero-order chi connectivity index (χ0) is 18.3. The van der Waals surface area contributed by atoms with E-state index >= 15 is 0 Å². The van der Waals surface area contributed by atoms with Gasteiger partial charge >= 0.3 is 0 Å². The number of hydrogen-bond acceptors (Lipinski definition) is 4. The summed E-state index contributed by atoms with van der Waals surface area (Å²) in [6.45, 7) is 5.47. The van der Waals surface area contributed by atoms with Gasteiger partial charge in [0, 0.05) is 32.4 Å². The lowest BCUT2D eigenvalue weighted by molar-refractivity contribution is 0.560. The molecule has 0 aliphatic heterocycles. The van der Waals surface area contributed by atoms with Gasteiger partial charge in [-0.1, -0.05) is 78.1 Å². The largest absolute Gasteiger partial charge is 0.370 e. The average Bonchev–Trinajstić information content (AvgIpc) is 2.59. The van der Waals surface area contributed by atoms with Crippen LogP contribution in [0, 0.1) is 0 Å². The highest BCUT2D eigenvalue weighted by Crippen LogP contribution is 2.14. The lowest BCUT2D eigenvalue weighted by atomic mass is 10.1. The van der Waals surface area contributed by atoms with Crippen molar-refractivity contribution in [3.8, 4) is 0 Å². The molecule has 0 radical (unpaired) electrons. The minimum atomic E-state index is 0.802. The maximum Gasteiger partial charge on any atom is 0.226 e. The molecule has 4 nitrogen and oxygen atoms in total. The predicted octanol–water partition coefficient (Wildman–Crippen LogP) is 5.83. The van der Waals surface area contributed by atoms with Gasteiger partial charge in [-0.05, 0) is 12.8 Å². The topological polar surface area (TPSA) is 41.1 Å². The van der Waals surface area contributed by atoms with Crippen molar-refractivity contribution >= 4 is 11.8 Å². The van der Waals surface area contributed by atoms with E-state index in [0.717, 1.165) is 36.8 Å². The van der Waals surface area contributed by atoms with E-state index in [2.05, 4.69) is 35.2 Å². The Balaban J connectivity index is 2.17. The van der Waals surface area contributed by atoms with Crippen molar-refractivity contribution in [1.82, 2.24) is 9.97 Å². The number of unbranched alkanes of at least 4 members (excludes halogenated alkanes) is 9. The minimum absolute atomic E-state index is 0.802. The van der Waals surface area contributed by atoms with Crippen LogP contribution in [-0.4, -0.2) is 30.6 Å². The summed E-state index contributed by atoms with van der Waals surface area (Å²) in [6.07, 6.45) is 15.9. The van der Waals surface area contributed by atoms with Gasteiger partial charge in [0.1, 0.15) is 5.82 Å². The Morgan fingerprint density at radius 2 is 1.40 bits per heavy atom. The zero-order valence-corrected chi connectivity index (χ0v) is 17.1. The van der Waals surface area contributed by atoms with Crippen molar-refractivity contribution in [2.24, 2.45) is 0 Å². The van der Waals surface area contributed by atoms with Gasteiger partial charge in [0.15, 0.2) is 0 Å². The molecule has 0 amide bonds. The van der Waals surface area contributed by atoms with E-state index in [1.165, 1.54) is 64.2 Å². The molecule has 1 rings (SSSR count). The Hall–Kier alpha value is -1.32. The highest BCUT2D eigenvalue weighted by Gasteiger charge is 2.05. The predicted molar refractivity (Wildman–Crippen MR) is 111 cm³/mol. The molecule has 0 spiro atoms. The fourth-order valence-corrected chi connectivity index (χ4v) is 2.99. The third-order valence-electron chi connectivity index (χ3n) is 4.51. The maximum absolute atomic E-state index is 4.60. The van der Waals surface area contributed by atoms with Gasteiger partial charge in [-0.2, -0.15) is 4.98 Å². The van der Waals surface area contributed by atoms with Crippen molar-refractivity contribution < 1.29 is 0 Å². The van der Waals surface area contributed by atoms with Crippen LogP contribution >= 0.6 is 0 Å². The fraction of sp³-hybridized carbons (Fsp3) is 0.810. The number of anilines is 2. The molecule has 1 heterocycles. The second-order valence-corrected chi connectivity index (χ2v) is 7.30. The van der Waals surface area contributed by atoms with Crippen molar-refractivity contribution in [3.05, 3.63) is 11.8 Å². The summed E-state index contributed by atoms with van der Waals surface area (Å²) >= 11 is 0. The first kappa shape index (κ1) is 21.7. The lowest BCUT2D eigenvalue weighted by Gasteiger charge is -2.14. The van der Waals surface area contributed by atoms with Crippen LogP contribution in [0.5, 0.6) is 0 Å². The number of hydrogen-bond donors (Lipinski definition) is 1. The van der Waals surface area contributed by atoms with Crippen LogP contribution in [0.3, 0.4) is 0 Å². The standard InChI is InChI=1S/C21H40N4/c1-5-7-8-9-10-11-12-13-14-15-17-22-20-18-19(16-6-2)23-21(24-20)25(3)4/h18H,5-17H2,1-4H3,(H,22,23,24). The molecule has 25 heavy (non-hydrogen) atoms. The van der Waals surface area contributed by atoms with Crippen molar-refractivity contribution in [2.75, 3.05) is 30.9 Å². The third-order valence-corrected chi connectivity index (χ3v) is 4.51. The third kappa shape index (κ3) is 10.3. The van der Waals surface area contributed by atoms with Crippen LogP contribution in [-0.2, 0) is 6.42 Å². The minimum Gasteiger partial charge on any atom is -0.370 e. The number of nitrogens with one attached hydrogen (secondary N) is 1. The summed E-state index contributed by atoms with van der Waals surface area (Å²) in [5.74, 6) is 1.77. The molecule has 0 saturated heterocycles. The molecule has 0 aliphatic rings. The molecule has 0 unspecified atom stereocenters. The van der Waals surface area contributed by atoms with E-state index in [4.69, 9.17) is 0 Å². The maximum atomic E-state index is 4.60. The second-order valence-electron chi connectivity index (χ2n) is 7.30. The summed E-state index contributed by atoms with van der Waals surface area (Å²) < 4.78 is 0. The SMILES string of the molecule is CCCCCCCCCCCCNc1cc(CCC)nc(N(C)C)n1. The van der Waals surface area contributed by atoms with Crippen molar-refractivity contribution in [3.63, 3.8) is 0 Å². The zero-order valence-electron chi connectivity index (χ0n) is 17.1. The Labute approximate surface area is 155 Å². The summed E-state index contributed by atoms with van der Waals surface area (Å²) in [6, 6.07) is 2.10. The highest BCUT2D eigenvalue weighted by atomic mass is 15.2. The first-order chi connectivity index (χ1) is 12.2. The van der Waals surface area contributed by atoms with E-state index in [1.807, 2.05) is 19.0 Å². The normalized spacial score (nSPS) is 10.9. The molecule has 4 heteroatoms. The Bertz CT molecular complexity index is 446. The molecular weight excluding hydrogens is 308 g/mol. The van der Waals surface area contributed by atoms with E-state index in [-0.39, 0.29) is 0 Å².